The molecule has 0 aromatic carbocycles. The lowest BCUT2D eigenvalue weighted by Gasteiger charge is -2.39. The summed E-state index contributed by atoms with van der Waals surface area (Å²) in [7, 11) is 0. The molecule has 0 radical (unpaired) electrons. The molecular formula is C13H21NO3. The van der Waals surface area contributed by atoms with E-state index in [1.54, 1.807) is 0 Å². The molecule has 2 saturated carbocycles. The Morgan fingerprint density at radius 2 is 1.82 bits per heavy atom. The van der Waals surface area contributed by atoms with Gasteiger partial charge in [0.1, 0.15) is 5.41 Å². The fourth-order valence-corrected chi connectivity index (χ4v) is 2.91. The Balaban J connectivity index is 1.98. The number of carboxylic acid groups (broad SMARTS) is 1. The molecule has 2 aliphatic carbocycles. The molecule has 0 heterocycles. The van der Waals surface area contributed by atoms with Crippen molar-refractivity contribution >= 4 is 11.9 Å². The highest BCUT2D eigenvalue weighted by Crippen LogP contribution is 2.41. The Kier molecular flexibility index (Phi) is 3.40. The minimum absolute atomic E-state index is 0.174. The van der Waals surface area contributed by atoms with Crippen LogP contribution in [-0.4, -0.2) is 23.0 Å². The number of rotatable bonds is 3. The van der Waals surface area contributed by atoms with Gasteiger partial charge in [0.25, 0.3) is 0 Å². The smallest absolute Gasteiger partial charge is 0.319 e. The van der Waals surface area contributed by atoms with Gasteiger partial charge in [0.2, 0.25) is 5.91 Å². The zero-order valence-corrected chi connectivity index (χ0v) is 10.4. The zero-order chi connectivity index (χ0) is 12.5. The molecule has 4 nitrogen and oxygen atoms in total. The second-order valence-corrected chi connectivity index (χ2v) is 5.58. The molecule has 0 aromatic rings. The summed E-state index contributed by atoms with van der Waals surface area (Å²) < 4.78 is 0. The van der Waals surface area contributed by atoms with E-state index in [4.69, 9.17) is 0 Å². The Hall–Kier alpha value is -1.06. The lowest BCUT2D eigenvalue weighted by molar-refractivity contribution is -0.162. The van der Waals surface area contributed by atoms with Crippen LogP contribution in [0, 0.1) is 11.3 Å². The van der Waals surface area contributed by atoms with E-state index in [0.29, 0.717) is 18.8 Å². The van der Waals surface area contributed by atoms with Crippen LogP contribution in [-0.2, 0) is 9.59 Å². The molecule has 2 aliphatic rings. The van der Waals surface area contributed by atoms with Crippen LogP contribution < -0.4 is 5.32 Å². The van der Waals surface area contributed by atoms with Gasteiger partial charge in [-0.2, -0.15) is 0 Å². The molecule has 1 amide bonds. The number of carbonyl (C=O) groups excluding carboxylic acids is 1. The van der Waals surface area contributed by atoms with Crippen molar-refractivity contribution in [2.75, 3.05) is 0 Å². The SMILES string of the molecule is CC1CCCCC1NC(=O)C1(C(=O)O)CCC1. The third kappa shape index (κ3) is 2.17. The lowest BCUT2D eigenvalue weighted by atomic mass is 9.67. The number of carboxylic acids is 1. The Morgan fingerprint density at radius 1 is 1.18 bits per heavy atom. The largest absolute Gasteiger partial charge is 0.480 e. The normalized spacial score (nSPS) is 31.4. The van der Waals surface area contributed by atoms with Gasteiger partial charge in [-0.1, -0.05) is 26.2 Å². The first-order valence-corrected chi connectivity index (χ1v) is 6.60. The molecule has 2 atom stereocenters. The van der Waals surface area contributed by atoms with Crippen molar-refractivity contribution in [2.45, 2.75) is 57.9 Å². The van der Waals surface area contributed by atoms with Gasteiger partial charge in [0.05, 0.1) is 0 Å². The summed E-state index contributed by atoms with van der Waals surface area (Å²) in [5, 5.41) is 12.2. The van der Waals surface area contributed by atoms with Crippen LogP contribution in [0.1, 0.15) is 51.9 Å². The number of hydrogen-bond donors (Lipinski definition) is 2. The molecule has 0 saturated heterocycles. The second kappa shape index (κ2) is 4.67. The maximum absolute atomic E-state index is 12.1. The van der Waals surface area contributed by atoms with Crippen molar-refractivity contribution in [3.05, 3.63) is 0 Å². The summed E-state index contributed by atoms with van der Waals surface area (Å²) in [4.78, 5) is 23.3. The Morgan fingerprint density at radius 3 is 2.29 bits per heavy atom. The van der Waals surface area contributed by atoms with Crippen LogP contribution in [0.3, 0.4) is 0 Å². The quantitative estimate of drug-likeness (QED) is 0.740. The van der Waals surface area contributed by atoms with E-state index < -0.39 is 11.4 Å². The third-order valence-electron chi connectivity index (χ3n) is 4.48. The van der Waals surface area contributed by atoms with Crippen LogP contribution in [0.2, 0.25) is 0 Å². The van der Waals surface area contributed by atoms with Crippen molar-refractivity contribution in [2.24, 2.45) is 11.3 Å². The van der Waals surface area contributed by atoms with Gasteiger partial charge in [-0.15, -0.1) is 0 Å². The highest BCUT2D eigenvalue weighted by Gasteiger charge is 2.51. The van der Waals surface area contributed by atoms with Gasteiger partial charge >= 0.3 is 5.97 Å². The summed E-state index contributed by atoms with van der Waals surface area (Å²) in [5.74, 6) is -0.738. The maximum Gasteiger partial charge on any atom is 0.319 e. The van der Waals surface area contributed by atoms with E-state index >= 15 is 0 Å². The van der Waals surface area contributed by atoms with Crippen LogP contribution in [0.25, 0.3) is 0 Å². The predicted octanol–water partition coefficient (Wildman–Crippen LogP) is 1.94. The first-order chi connectivity index (χ1) is 8.06. The van der Waals surface area contributed by atoms with Crippen LogP contribution in [0.5, 0.6) is 0 Å². The van der Waals surface area contributed by atoms with E-state index in [2.05, 4.69) is 12.2 Å². The lowest BCUT2D eigenvalue weighted by Crippen LogP contribution is -2.54. The van der Waals surface area contributed by atoms with Crippen molar-refractivity contribution in [3.8, 4) is 0 Å². The first-order valence-electron chi connectivity index (χ1n) is 6.60. The molecule has 0 aromatic heterocycles. The fourth-order valence-electron chi connectivity index (χ4n) is 2.91. The molecule has 2 rings (SSSR count). The van der Waals surface area contributed by atoms with Crippen molar-refractivity contribution in [1.29, 1.82) is 0 Å². The van der Waals surface area contributed by atoms with Crippen LogP contribution in [0.15, 0.2) is 0 Å². The monoisotopic (exact) mass is 239 g/mol. The third-order valence-corrected chi connectivity index (χ3v) is 4.48. The molecule has 2 N–H and O–H groups in total. The number of amides is 1. The number of carbonyl (C=O) groups is 2. The van der Waals surface area contributed by atoms with E-state index in [9.17, 15) is 14.7 Å². The summed E-state index contributed by atoms with van der Waals surface area (Å²) in [6, 6.07) is 0.174. The Labute approximate surface area is 102 Å². The van der Waals surface area contributed by atoms with Crippen molar-refractivity contribution in [3.63, 3.8) is 0 Å². The van der Waals surface area contributed by atoms with Crippen molar-refractivity contribution < 1.29 is 14.7 Å². The highest BCUT2D eigenvalue weighted by molar-refractivity contribution is 6.02. The van der Waals surface area contributed by atoms with Crippen LogP contribution >= 0.6 is 0 Å². The average molecular weight is 239 g/mol. The summed E-state index contributed by atoms with van der Waals surface area (Å²) in [6.45, 7) is 2.14. The van der Waals surface area contributed by atoms with E-state index in [-0.39, 0.29) is 11.9 Å². The molecule has 17 heavy (non-hydrogen) atoms. The highest BCUT2D eigenvalue weighted by atomic mass is 16.4. The maximum atomic E-state index is 12.1. The van der Waals surface area contributed by atoms with Gasteiger partial charge in [0, 0.05) is 6.04 Å². The van der Waals surface area contributed by atoms with Crippen LogP contribution in [0.4, 0.5) is 0 Å². The zero-order valence-electron chi connectivity index (χ0n) is 10.4. The first kappa shape index (κ1) is 12.4. The average Bonchev–Trinajstić information content (AvgIpc) is 2.19. The molecule has 2 fully saturated rings. The molecule has 4 heteroatoms. The Bertz CT molecular complexity index is 323. The van der Waals surface area contributed by atoms with E-state index in [1.165, 1.54) is 6.42 Å². The molecule has 96 valence electrons. The van der Waals surface area contributed by atoms with E-state index in [0.717, 1.165) is 25.7 Å². The van der Waals surface area contributed by atoms with Gasteiger partial charge in [0.15, 0.2) is 0 Å². The van der Waals surface area contributed by atoms with Gasteiger partial charge < -0.3 is 10.4 Å². The second-order valence-electron chi connectivity index (χ2n) is 5.58. The summed E-state index contributed by atoms with van der Waals surface area (Å²) in [6.07, 6.45) is 6.31. The van der Waals surface area contributed by atoms with Crippen molar-refractivity contribution in [1.82, 2.24) is 5.32 Å². The summed E-state index contributed by atoms with van der Waals surface area (Å²) in [5.41, 5.74) is -1.11. The van der Waals surface area contributed by atoms with Gasteiger partial charge in [-0.05, 0) is 31.6 Å². The summed E-state index contributed by atoms with van der Waals surface area (Å²) >= 11 is 0. The molecule has 0 bridgehead atoms. The topological polar surface area (TPSA) is 66.4 Å². The fraction of sp³-hybridized carbons (Fsp3) is 0.846. The molecule has 2 unspecified atom stereocenters. The number of hydrogen-bond acceptors (Lipinski definition) is 2. The predicted molar refractivity (Wildman–Crippen MR) is 63.5 cm³/mol. The van der Waals surface area contributed by atoms with Gasteiger partial charge in [-0.3, -0.25) is 9.59 Å². The number of nitrogens with one attached hydrogen (secondary N) is 1. The van der Waals surface area contributed by atoms with E-state index in [1.807, 2.05) is 0 Å². The molecular weight excluding hydrogens is 218 g/mol. The molecule has 0 spiro atoms. The number of aliphatic carboxylic acids is 1. The minimum atomic E-state index is -1.11. The minimum Gasteiger partial charge on any atom is -0.480 e. The van der Waals surface area contributed by atoms with Gasteiger partial charge in [-0.25, -0.2) is 0 Å². The standard InChI is InChI=1S/C13H21NO3/c1-9-5-2-3-6-10(9)14-11(15)13(12(16)17)7-4-8-13/h9-10H,2-8H2,1H3,(H,14,15)(H,16,17). The molecule has 0 aliphatic heterocycles.